The summed E-state index contributed by atoms with van der Waals surface area (Å²) in [5, 5.41) is 6.45. The molecule has 3 heteroatoms. The smallest absolute Gasteiger partial charge is 0.257 e. The number of benzene rings is 2. The number of fused-ring (bicyclic) bond motifs is 1. The van der Waals surface area contributed by atoms with E-state index in [0.29, 0.717) is 5.92 Å². The number of hydrogen-bond acceptors (Lipinski definition) is 2. The molecule has 1 unspecified atom stereocenters. The Hall–Kier alpha value is -2.29. The van der Waals surface area contributed by atoms with Crippen LogP contribution in [0, 0.1) is 13.8 Å². The van der Waals surface area contributed by atoms with Crippen LogP contribution in [0.4, 0.5) is 11.4 Å². The van der Waals surface area contributed by atoms with Gasteiger partial charge in [-0.2, -0.15) is 0 Å². The van der Waals surface area contributed by atoms with Crippen molar-refractivity contribution in [1.82, 2.24) is 0 Å². The number of hydrogen-bond donors (Lipinski definition) is 2. The van der Waals surface area contributed by atoms with Gasteiger partial charge < -0.3 is 10.6 Å². The average Bonchev–Trinajstić information content (AvgIpc) is 2.50. The maximum absolute atomic E-state index is 12.7. The Morgan fingerprint density at radius 3 is 2.77 bits per heavy atom. The molecule has 3 rings (SSSR count). The lowest BCUT2D eigenvalue weighted by Gasteiger charge is -2.26. The number of nitrogens with one attached hydrogen (secondary N) is 2. The first-order valence-corrected chi connectivity index (χ1v) is 7.81. The number of carbonyl (C=O) groups excluding carboxylic acids is 1. The second-order valence-electron chi connectivity index (χ2n) is 6.16. The van der Waals surface area contributed by atoms with Crippen molar-refractivity contribution in [2.24, 2.45) is 0 Å². The van der Waals surface area contributed by atoms with Gasteiger partial charge >= 0.3 is 0 Å². The van der Waals surface area contributed by atoms with Crippen molar-refractivity contribution in [3.05, 3.63) is 58.7 Å². The fourth-order valence-corrected chi connectivity index (χ4v) is 3.05. The van der Waals surface area contributed by atoms with Crippen LogP contribution >= 0.6 is 0 Å². The number of carbonyl (C=O) groups is 1. The molecule has 0 aromatic heterocycles. The Kier molecular flexibility index (Phi) is 3.88. The summed E-state index contributed by atoms with van der Waals surface area (Å²) in [6.07, 6.45) is 1.11. The van der Waals surface area contributed by atoms with Crippen molar-refractivity contribution in [3.63, 3.8) is 0 Å². The molecule has 2 N–H and O–H groups in total. The van der Waals surface area contributed by atoms with Crippen LogP contribution in [0.25, 0.3) is 0 Å². The topological polar surface area (TPSA) is 41.1 Å². The number of rotatable bonds is 2. The van der Waals surface area contributed by atoms with Crippen LogP contribution in [0.5, 0.6) is 0 Å². The zero-order valence-electron chi connectivity index (χ0n) is 13.4. The SMILES string of the molecule is Cc1cc(C(=O)Nc2ccccc2C)c2c(c1)C(C)CCN2. The van der Waals surface area contributed by atoms with Crippen LogP contribution < -0.4 is 10.6 Å². The van der Waals surface area contributed by atoms with E-state index in [-0.39, 0.29) is 5.91 Å². The van der Waals surface area contributed by atoms with E-state index < -0.39 is 0 Å². The Morgan fingerprint density at radius 2 is 2.00 bits per heavy atom. The van der Waals surface area contributed by atoms with Gasteiger partial charge in [-0.05, 0) is 55.0 Å². The van der Waals surface area contributed by atoms with E-state index in [9.17, 15) is 4.79 Å². The monoisotopic (exact) mass is 294 g/mol. The molecule has 3 nitrogen and oxygen atoms in total. The van der Waals surface area contributed by atoms with E-state index in [1.807, 2.05) is 44.2 Å². The number of amides is 1. The van der Waals surface area contributed by atoms with Crippen LogP contribution in [0.2, 0.25) is 0 Å². The van der Waals surface area contributed by atoms with E-state index in [1.54, 1.807) is 0 Å². The van der Waals surface area contributed by atoms with E-state index in [1.165, 1.54) is 5.56 Å². The van der Waals surface area contributed by atoms with E-state index in [0.717, 1.165) is 41.0 Å². The van der Waals surface area contributed by atoms with E-state index >= 15 is 0 Å². The molecule has 0 bridgehead atoms. The maximum atomic E-state index is 12.7. The largest absolute Gasteiger partial charge is 0.384 e. The fraction of sp³-hybridized carbons (Fsp3) is 0.316. The van der Waals surface area contributed by atoms with Gasteiger partial charge in [0.25, 0.3) is 5.91 Å². The molecule has 1 aliphatic rings. The minimum absolute atomic E-state index is 0.0455. The molecule has 0 aliphatic carbocycles. The molecule has 1 atom stereocenters. The third-order valence-electron chi connectivity index (χ3n) is 4.36. The first kappa shape index (κ1) is 14.6. The van der Waals surface area contributed by atoms with Crippen LogP contribution in [0.15, 0.2) is 36.4 Å². The molecular formula is C19H22N2O. The molecule has 0 saturated carbocycles. The summed E-state index contributed by atoms with van der Waals surface area (Å²) < 4.78 is 0. The van der Waals surface area contributed by atoms with Gasteiger partial charge in [-0.1, -0.05) is 31.2 Å². The van der Waals surface area contributed by atoms with Crippen LogP contribution in [-0.2, 0) is 0 Å². The lowest BCUT2D eigenvalue weighted by atomic mass is 9.89. The second kappa shape index (κ2) is 5.84. The molecule has 1 heterocycles. The van der Waals surface area contributed by atoms with Crippen LogP contribution in [0.1, 0.15) is 46.3 Å². The molecule has 1 aliphatic heterocycles. The fourth-order valence-electron chi connectivity index (χ4n) is 3.05. The van der Waals surface area contributed by atoms with Gasteiger partial charge in [0, 0.05) is 12.2 Å². The molecule has 0 fully saturated rings. The number of aryl methyl sites for hydroxylation is 2. The number of para-hydroxylation sites is 1. The highest BCUT2D eigenvalue weighted by molar-refractivity contribution is 6.09. The minimum Gasteiger partial charge on any atom is -0.384 e. The van der Waals surface area contributed by atoms with Gasteiger partial charge in [-0.3, -0.25) is 4.79 Å². The third kappa shape index (κ3) is 2.71. The normalized spacial score (nSPS) is 16.6. The predicted octanol–water partition coefficient (Wildman–Crippen LogP) is 4.47. The first-order chi connectivity index (χ1) is 10.6. The van der Waals surface area contributed by atoms with Crippen LogP contribution in [0.3, 0.4) is 0 Å². The number of anilines is 2. The van der Waals surface area contributed by atoms with Crippen molar-refractivity contribution in [3.8, 4) is 0 Å². The Morgan fingerprint density at radius 1 is 1.23 bits per heavy atom. The molecule has 114 valence electrons. The molecule has 2 aromatic rings. The summed E-state index contributed by atoms with van der Waals surface area (Å²) in [6.45, 7) is 7.19. The van der Waals surface area contributed by atoms with Crippen molar-refractivity contribution in [1.29, 1.82) is 0 Å². The Balaban J connectivity index is 1.98. The molecule has 1 amide bonds. The quantitative estimate of drug-likeness (QED) is 0.857. The maximum Gasteiger partial charge on any atom is 0.257 e. The lowest BCUT2D eigenvalue weighted by molar-refractivity contribution is 0.102. The van der Waals surface area contributed by atoms with Gasteiger partial charge in [0.2, 0.25) is 0 Å². The summed E-state index contributed by atoms with van der Waals surface area (Å²) in [5.41, 5.74) is 6.05. The van der Waals surface area contributed by atoms with Crippen molar-refractivity contribution in [2.75, 3.05) is 17.2 Å². The van der Waals surface area contributed by atoms with E-state index in [4.69, 9.17) is 0 Å². The van der Waals surface area contributed by atoms with Crippen molar-refractivity contribution < 1.29 is 4.79 Å². The summed E-state index contributed by atoms with van der Waals surface area (Å²) in [5.74, 6) is 0.442. The highest BCUT2D eigenvalue weighted by Gasteiger charge is 2.22. The lowest BCUT2D eigenvalue weighted by Crippen LogP contribution is -2.21. The highest BCUT2D eigenvalue weighted by atomic mass is 16.1. The summed E-state index contributed by atoms with van der Waals surface area (Å²) >= 11 is 0. The summed E-state index contributed by atoms with van der Waals surface area (Å²) in [4.78, 5) is 12.7. The molecule has 22 heavy (non-hydrogen) atoms. The van der Waals surface area contributed by atoms with Crippen LogP contribution in [-0.4, -0.2) is 12.5 Å². The summed E-state index contributed by atoms with van der Waals surface area (Å²) in [6, 6.07) is 12.0. The molecule has 0 spiro atoms. The average molecular weight is 294 g/mol. The van der Waals surface area contributed by atoms with Crippen molar-refractivity contribution in [2.45, 2.75) is 33.1 Å². The van der Waals surface area contributed by atoms with Gasteiger partial charge in [0.15, 0.2) is 0 Å². The van der Waals surface area contributed by atoms with Gasteiger partial charge in [0.05, 0.1) is 11.3 Å². The van der Waals surface area contributed by atoms with Gasteiger partial charge in [-0.15, -0.1) is 0 Å². The minimum atomic E-state index is -0.0455. The zero-order valence-corrected chi connectivity index (χ0v) is 13.4. The van der Waals surface area contributed by atoms with Gasteiger partial charge in [0.1, 0.15) is 0 Å². The van der Waals surface area contributed by atoms with E-state index in [2.05, 4.69) is 23.6 Å². The zero-order chi connectivity index (χ0) is 15.7. The molecule has 0 radical (unpaired) electrons. The summed E-state index contributed by atoms with van der Waals surface area (Å²) in [7, 11) is 0. The second-order valence-corrected chi connectivity index (χ2v) is 6.16. The molecule has 2 aromatic carbocycles. The Labute approximate surface area is 131 Å². The molecule has 0 saturated heterocycles. The highest BCUT2D eigenvalue weighted by Crippen LogP contribution is 2.35. The first-order valence-electron chi connectivity index (χ1n) is 7.81. The third-order valence-corrected chi connectivity index (χ3v) is 4.36. The predicted molar refractivity (Wildman–Crippen MR) is 91.8 cm³/mol. The standard InChI is InChI=1S/C19H22N2O/c1-12-10-15-13(2)8-9-20-18(15)16(11-12)19(22)21-17-7-5-4-6-14(17)3/h4-7,10-11,13,20H,8-9H2,1-3H3,(H,21,22). The van der Waals surface area contributed by atoms with Crippen molar-refractivity contribution >= 4 is 17.3 Å². The molecular weight excluding hydrogens is 272 g/mol. The Bertz CT molecular complexity index is 721. The van der Waals surface area contributed by atoms with Gasteiger partial charge in [-0.25, -0.2) is 0 Å².